The number of rotatable bonds is 3. The van der Waals surface area contributed by atoms with Crippen LogP contribution in [0.4, 0.5) is 0 Å². The third kappa shape index (κ3) is 3.00. The SMILES string of the molecule is O=C(NCc1ccncn1)C1CCCNC1. The third-order valence-electron chi connectivity index (χ3n) is 2.75. The lowest BCUT2D eigenvalue weighted by Gasteiger charge is -2.21. The molecule has 1 fully saturated rings. The molecule has 0 saturated carbocycles. The van der Waals surface area contributed by atoms with Crippen LogP contribution in [0.3, 0.4) is 0 Å². The van der Waals surface area contributed by atoms with E-state index in [0.717, 1.165) is 31.6 Å². The molecule has 1 unspecified atom stereocenters. The molecule has 1 saturated heterocycles. The monoisotopic (exact) mass is 220 g/mol. The molecule has 1 atom stereocenters. The molecule has 0 bridgehead atoms. The largest absolute Gasteiger partial charge is 0.350 e. The molecule has 1 aliphatic rings. The van der Waals surface area contributed by atoms with Crippen molar-refractivity contribution in [2.45, 2.75) is 19.4 Å². The summed E-state index contributed by atoms with van der Waals surface area (Å²) >= 11 is 0. The fraction of sp³-hybridized carbons (Fsp3) is 0.545. The topological polar surface area (TPSA) is 66.9 Å². The lowest BCUT2D eigenvalue weighted by molar-refractivity contribution is -0.125. The Hall–Kier alpha value is -1.49. The highest BCUT2D eigenvalue weighted by atomic mass is 16.1. The maximum Gasteiger partial charge on any atom is 0.224 e. The molecule has 0 aromatic carbocycles. The molecule has 2 heterocycles. The Bertz CT molecular complexity index is 335. The van der Waals surface area contributed by atoms with Gasteiger partial charge in [0.2, 0.25) is 5.91 Å². The van der Waals surface area contributed by atoms with Crippen LogP contribution in [-0.4, -0.2) is 29.0 Å². The van der Waals surface area contributed by atoms with Gasteiger partial charge in [0.15, 0.2) is 0 Å². The summed E-state index contributed by atoms with van der Waals surface area (Å²) < 4.78 is 0. The van der Waals surface area contributed by atoms with E-state index in [4.69, 9.17) is 0 Å². The van der Waals surface area contributed by atoms with Crippen molar-refractivity contribution in [1.29, 1.82) is 0 Å². The van der Waals surface area contributed by atoms with Gasteiger partial charge in [-0.2, -0.15) is 0 Å². The molecule has 86 valence electrons. The minimum Gasteiger partial charge on any atom is -0.350 e. The highest BCUT2D eigenvalue weighted by Crippen LogP contribution is 2.09. The summed E-state index contributed by atoms with van der Waals surface area (Å²) in [5.41, 5.74) is 0.840. The van der Waals surface area contributed by atoms with E-state index in [9.17, 15) is 4.79 Å². The summed E-state index contributed by atoms with van der Waals surface area (Å²) in [6.07, 6.45) is 5.22. The fourth-order valence-electron chi connectivity index (χ4n) is 1.82. The van der Waals surface area contributed by atoms with E-state index in [2.05, 4.69) is 20.6 Å². The van der Waals surface area contributed by atoms with Crippen molar-refractivity contribution >= 4 is 5.91 Å². The molecule has 1 aliphatic heterocycles. The number of amides is 1. The second-order valence-corrected chi connectivity index (χ2v) is 3.96. The average Bonchev–Trinajstić information content (AvgIpc) is 2.38. The van der Waals surface area contributed by atoms with Crippen LogP contribution in [0.5, 0.6) is 0 Å². The van der Waals surface area contributed by atoms with Crippen molar-refractivity contribution in [3.8, 4) is 0 Å². The van der Waals surface area contributed by atoms with Crippen LogP contribution in [0, 0.1) is 5.92 Å². The zero-order valence-electron chi connectivity index (χ0n) is 9.15. The number of piperidine rings is 1. The van der Waals surface area contributed by atoms with E-state index in [1.54, 1.807) is 12.3 Å². The van der Waals surface area contributed by atoms with Crippen molar-refractivity contribution in [2.24, 2.45) is 5.92 Å². The predicted molar refractivity (Wildman–Crippen MR) is 59.5 cm³/mol. The zero-order chi connectivity index (χ0) is 11.2. The second kappa shape index (κ2) is 5.55. The highest BCUT2D eigenvalue weighted by molar-refractivity contribution is 5.78. The molecular formula is C11H16N4O. The van der Waals surface area contributed by atoms with Gasteiger partial charge >= 0.3 is 0 Å². The molecule has 0 radical (unpaired) electrons. The van der Waals surface area contributed by atoms with E-state index in [0.29, 0.717) is 6.54 Å². The molecule has 0 spiro atoms. The summed E-state index contributed by atoms with van der Waals surface area (Å²) in [5.74, 6) is 0.224. The molecule has 2 rings (SSSR count). The van der Waals surface area contributed by atoms with Crippen LogP contribution in [0.15, 0.2) is 18.6 Å². The molecule has 1 aromatic rings. The van der Waals surface area contributed by atoms with Crippen molar-refractivity contribution < 1.29 is 4.79 Å². The second-order valence-electron chi connectivity index (χ2n) is 3.96. The smallest absolute Gasteiger partial charge is 0.224 e. The quantitative estimate of drug-likeness (QED) is 0.757. The number of carbonyl (C=O) groups excluding carboxylic acids is 1. The van der Waals surface area contributed by atoms with E-state index >= 15 is 0 Å². The van der Waals surface area contributed by atoms with Gasteiger partial charge in [0.25, 0.3) is 0 Å². The van der Waals surface area contributed by atoms with Gasteiger partial charge in [-0.25, -0.2) is 9.97 Å². The first kappa shape index (κ1) is 11.0. The molecular weight excluding hydrogens is 204 g/mol. The van der Waals surface area contributed by atoms with Crippen molar-refractivity contribution in [2.75, 3.05) is 13.1 Å². The number of carbonyl (C=O) groups is 1. The van der Waals surface area contributed by atoms with Crippen LogP contribution in [0.25, 0.3) is 0 Å². The van der Waals surface area contributed by atoms with Crippen molar-refractivity contribution in [3.05, 3.63) is 24.3 Å². The lowest BCUT2D eigenvalue weighted by Crippen LogP contribution is -2.40. The summed E-state index contributed by atoms with van der Waals surface area (Å²) in [6, 6.07) is 1.80. The van der Waals surface area contributed by atoms with Crippen molar-refractivity contribution in [3.63, 3.8) is 0 Å². The van der Waals surface area contributed by atoms with Gasteiger partial charge in [0.05, 0.1) is 18.2 Å². The first-order chi connectivity index (χ1) is 7.86. The number of nitrogens with one attached hydrogen (secondary N) is 2. The molecule has 1 amide bonds. The Morgan fingerprint density at radius 1 is 1.62 bits per heavy atom. The van der Waals surface area contributed by atoms with Gasteiger partial charge in [-0.15, -0.1) is 0 Å². The lowest BCUT2D eigenvalue weighted by atomic mass is 9.99. The van der Waals surface area contributed by atoms with Gasteiger partial charge in [0.1, 0.15) is 6.33 Å². The standard InChI is InChI=1S/C11H16N4O/c16-11(9-2-1-4-12-6-9)14-7-10-3-5-13-8-15-10/h3,5,8-9,12H,1-2,4,6-7H2,(H,14,16). The maximum absolute atomic E-state index is 11.8. The van der Waals surface area contributed by atoms with Gasteiger partial charge in [-0.3, -0.25) is 4.79 Å². The molecule has 5 nitrogen and oxygen atoms in total. The van der Waals surface area contributed by atoms with Crippen LogP contribution in [0.1, 0.15) is 18.5 Å². The van der Waals surface area contributed by atoms with E-state index in [-0.39, 0.29) is 11.8 Å². The number of aromatic nitrogens is 2. The normalized spacial score (nSPS) is 20.4. The Balaban J connectivity index is 1.79. The van der Waals surface area contributed by atoms with Crippen LogP contribution in [0.2, 0.25) is 0 Å². The van der Waals surface area contributed by atoms with Gasteiger partial charge in [-0.05, 0) is 25.5 Å². The Kier molecular flexibility index (Phi) is 3.82. The summed E-state index contributed by atoms with van der Waals surface area (Å²) in [5, 5.41) is 6.13. The third-order valence-corrected chi connectivity index (χ3v) is 2.75. The first-order valence-corrected chi connectivity index (χ1v) is 5.59. The van der Waals surface area contributed by atoms with Crippen molar-refractivity contribution in [1.82, 2.24) is 20.6 Å². The minimum atomic E-state index is 0.107. The predicted octanol–water partition coefficient (Wildman–Crippen LogP) is 0.0924. The average molecular weight is 220 g/mol. The number of hydrogen-bond donors (Lipinski definition) is 2. The van der Waals surface area contributed by atoms with E-state index in [1.165, 1.54) is 6.33 Å². The number of hydrogen-bond acceptors (Lipinski definition) is 4. The van der Waals surface area contributed by atoms with E-state index < -0.39 is 0 Å². The van der Waals surface area contributed by atoms with Crippen LogP contribution in [-0.2, 0) is 11.3 Å². The zero-order valence-corrected chi connectivity index (χ0v) is 9.15. The molecule has 1 aromatic heterocycles. The summed E-state index contributed by atoms with van der Waals surface area (Å²) in [6.45, 7) is 2.29. The summed E-state index contributed by atoms with van der Waals surface area (Å²) in [4.78, 5) is 19.7. The van der Waals surface area contributed by atoms with Gasteiger partial charge in [-0.1, -0.05) is 0 Å². The Labute approximate surface area is 94.7 Å². The molecule has 2 N–H and O–H groups in total. The first-order valence-electron chi connectivity index (χ1n) is 5.59. The van der Waals surface area contributed by atoms with Crippen LogP contribution >= 0.6 is 0 Å². The maximum atomic E-state index is 11.8. The molecule has 16 heavy (non-hydrogen) atoms. The molecule has 5 heteroatoms. The molecule has 0 aliphatic carbocycles. The van der Waals surface area contributed by atoms with Gasteiger partial charge < -0.3 is 10.6 Å². The minimum absolute atomic E-state index is 0.107. The Morgan fingerprint density at radius 2 is 2.56 bits per heavy atom. The summed E-state index contributed by atoms with van der Waals surface area (Å²) in [7, 11) is 0. The van der Waals surface area contributed by atoms with E-state index in [1.807, 2.05) is 0 Å². The Morgan fingerprint density at radius 3 is 3.25 bits per heavy atom. The fourth-order valence-corrected chi connectivity index (χ4v) is 1.82. The van der Waals surface area contributed by atoms with Crippen LogP contribution < -0.4 is 10.6 Å². The highest BCUT2D eigenvalue weighted by Gasteiger charge is 2.20. The van der Waals surface area contributed by atoms with Gasteiger partial charge in [0, 0.05) is 12.7 Å². The number of nitrogens with zero attached hydrogens (tertiary/aromatic N) is 2.